The van der Waals surface area contributed by atoms with Crippen molar-refractivity contribution in [2.75, 3.05) is 10.2 Å². The molecule has 3 atom stereocenters. The number of benzene rings is 3. The third-order valence-electron chi connectivity index (χ3n) is 7.67. The van der Waals surface area contributed by atoms with E-state index in [4.69, 9.17) is 4.42 Å². The number of alkyl halides is 3. The molecule has 222 valence electrons. The molecule has 3 aromatic carbocycles. The summed E-state index contributed by atoms with van der Waals surface area (Å²) in [6.45, 7) is -0.355. The van der Waals surface area contributed by atoms with Crippen molar-refractivity contribution >= 4 is 63.0 Å². The van der Waals surface area contributed by atoms with Crippen LogP contribution in [-0.4, -0.2) is 27.5 Å². The van der Waals surface area contributed by atoms with Crippen LogP contribution in [0.4, 0.5) is 24.5 Å². The number of fused-ring (bicyclic) bond motifs is 3. The molecule has 2 aliphatic heterocycles. The van der Waals surface area contributed by atoms with Gasteiger partial charge in [0.2, 0.25) is 17.7 Å². The zero-order chi connectivity index (χ0) is 30.7. The van der Waals surface area contributed by atoms with Gasteiger partial charge in [-0.25, -0.2) is 4.90 Å². The molecule has 2 aliphatic rings. The number of furan rings is 1. The number of rotatable bonds is 5. The van der Waals surface area contributed by atoms with E-state index in [9.17, 15) is 32.3 Å². The molecule has 5 aromatic rings. The molecule has 13 heteroatoms. The number of nitrogens with one attached hydrogen (secondary N) is 1. The zero-order valence-electron chi connectivity index (χ0n) is 22.4. The lowest BCUT2D eigenvalue weighted by Gasteiger charge is -2.29. The number of carbonyl (C=O) groups excluding carboxylic acids is 3. The molecule has 0 radical (unpaired) electrons. The topological polar surface area (TPSA) is 102 Å². The second-order valence-corrected chi connectivity index (χ2v) is 12.5. The molecular formula is C31H20F3N3O5S2. The summed E-state index contributed by atoms with van der Waals surface area (Å²) in [6.07, 6.45) is -3.28. The first-order valence-corrected chi connectivity index (χ1v) is 15.1. The van der Waals surface area contributed by atoms with Crippen LogP contribution in [0.3, 0.4) is 0 Å². The molecule has 2 aromatic heterocycles. The van der Waals surface area contributed by atoms with E-state index < -0.39 is 51.4 Å². The lowest BCUT2D eigenvalue weighted by Crippen LogP contribution is -2.32. The lowest BCUT2D eigenvalue weighted by molar-refractivity contribution is -0.137. The van der Waals surface area contributed by atoms with Crippen molar-refractivity contribution in [2.24, 2.45) is 5.92 Å². The molecule has 0 spiro atoms. The van der Waals surface area contributed by atoms with Crippen LogP contribution in [0.5, 0.6) is 0 Å². The van der Waals surface area contributed by atoms with Gasteiger partial charge >= 0.3 is 11.0 Å². The average molecular weight is 636 g/mol. The van der Waals surface area contributed by atoms with Gasteiger partial charge in [0, 0.05) is 5.69 Å². The Morgan fingerprint density at radius 2 is 1.70 bits per heavy atom. The summed E-state index contributed by atoms with van der Waals surface area (Å²) >= 11 is 1.81. The standard InChI is InChI=1S/C31H20F3N3O5S2/c32-31(33,34)18-7-3-8-20(14-18)37-27(39)24-23(21-9-4-12-42-21)26-29(43-25(24)28(37)40)36(30(41)44-26)15-22(38)35-19-11-10-16-5-1-2-6-17(16)13-19/h1-14,23-25H,15H2,(H,35,38)/t23-,24?,25?/m1/s1. The Balaban J connectivity index is 1.23. The lowest BCUT2D eigenvalue weighted by atomic mass is 9.87. The highest BCUT2D eigenvalue weighted by molar-refractivity contribution is 8.00. The van der Waals surface area contributed by atoms with Gasteiger partial charge in [-0.2, -0.15) is 13.2 Å². The number of hydrogen-bond donors (Lipinski definition) is 1. The summed E-state index contributed by atoms with van der Waals surface area (Å²) in [6, 6.07) is 20.4. The molecule has 7 rings (SSSR count). The number of thioether (sulfide) groups is 1. The van der Waals surface area contributed by atoms with Crippen LogP contribution >= 0.6 is 23.1 Å². The predicted octanol–water partition coefficient (Wildman–Crippen LogP) is 6.11. The fourth-order valence-electron chi connectivity index (χ4n) is 5.72. The third kappa shape index (κ3) is 4.72. The second-order valence-electron chi connectivity index (χ2n) is 10.4. The summed E-state index contributed by atoms with van der Waals surface area (Å²) in [7, 11) is 0. The van der Waals surface area contributed by atoms with E-state index >= 15 is 0 Å². The van der Waals surface area contributed by atoms with Gasteiger partial charge in [-0.15, -0.1) is 0 Å². The Morgan fingerprint density at radius 3 is 2.45 bits per heavy atom. The smallest absolute Gasteiger partial charge is 0.416 e. The molecule has 1 N–H and O–H groups in total. The summed E-state index contributed by atoms with van der Waals surface area (Å²) in [5.74, 6) is -3.46. The number of thiazole rings is 1. The molecule has 3 amide bonds. The average Bonchev–Trinajstić information content (AvgIpc) is 3.69. The molecule has 4 heterocycles. The van der Waals surface area contributed by atoms with Gasteiger partial charge in [-0.05, 0) is 53.2 Å². The van der Waals surface area contributed by atoms with Gasteiger partial charge in [-0.3, -0.25) is 23.7 Å². The Hall–Kier alpha value is -4.62. The van der Waals surface area contributed by atoms with Crippen molar-refractivity contribution in [3.05, 3.63) is 111 Å². The van der Waals surface area contributed by atoms with E-state index in [1.807, 2.05) is 36.4 Å². The zero-order valence-corrected chi connectivity index (χ0v) is 24.0. The number of carbonyl (C=O) groups is 3. The number of nitrogens with zero attached hydrogens (tertiary/aromatic N) is 2. The minimum Gasteiger partial charge on any atom is -0.469 e. The molecule has 44 heavy (non-hydrogen) atoms. The minimum absolute atomic E-state index is 0.196. The van der Waals surface area contributed by atoms with Gasteiger partial charge in [-0.1, -0.05) is 59.5 Å². The first-order valence-electron chi connectivity index (χ1n) is 13.4. The molecule has 2 unspecified atom stereocenters. The maximum atomic E-state index is 13.8. The molecule has 1 saturated heterocycles. The highest BCUT2D eigenvalue weighted by atomic mass is 32.2. The van der Waals surface area contributed by atoms with Gasteiger partial charge in [0.25, 0.3) is 0 Å². The molecule has 0 bridgehead atoms. The van der Waals surface area contributed by atoms with Crippen LogP contribution in [0, 0.1) is 5.92 Å². The number of hydrogen-bond acceptors (Lipinski definition) is 7. The molecule has 0 aliphatic carbocycles. The van der Waals surface area contributed by atoms with Crippen molar-refractivity contribution in [3.8, 4) is 0 Å². The van der Waals surface area contributed by atoms with Gasteiger partial charge in [0.15, 0.2) is 0 Å². The molecule has 1 fully saturated rings. The summed E-state index contributed by atoms with van der Waals surface area (Å²) in [5, 5.41) is 4.00. The Bertz CT molecular complexity index is 2020. The predicted molar refractivity (Wildman–Crippen MR) is 159 cm³/mol. The van der Waals surface area contributed by atoms with Crippen LogP contribution in [0.2, 0.25) is 0 Å². The Morgan fingerprint density at radius 1 is 0.909 bits per heavy atom. The van der Waals surface area contributed by atoms with E-state index in [-0.39, 0.29) is 12.2 Å². The fourth-order valence-corrected chi connectivity index (χ4v) is 8.47. The van der Waals surface area contributed by atoms with E-state index in [1.165, 1.54) is 16.9 Å². The van der Waals surface area contributed by atoms with Crippen LogP contribution in [-0.2, 0) is 27.1 Å². The van der Waals surface area contributed by atoms with Crippen LogP contribution in [0.15, 0.2) is 99.4 Å². The number of aromatic nitrogens is 1. The van der Waals surface area contributed by atoms with Gasteiger partial charge in [0.05, 0.1) is 39.3 Å². The first kappa shape index (κ1) is 28.2. The van der Waals surface area contributed by atoms with Gasteiger partial charge in [0.1, 0.15) is 17.6 Å². The largest absolute Gasteiger partial charge is 0.469 e. The highest BCUT2D eigenvalue weighted by Crippen LogP contribution is 2.54. The molecular weight excluding hydrogens is 615 g/mol. The SMILES string of the molecule is O=C(Cn1c2c(sc1=O)[C@H](c1ccco1)C1C(=O)N(c3cccc(C(F)(F)F)c3)C(=O)C1S2)Nc1ccc2ccccc2c1. The normalized spacial score (nSPS) is 19.7. The third-order valence-corrected chi connectivity index (χ3v) is 10.3. The second kappa shape index (κ2) is 10.5. The van der Waals surface area contributed by atoms with E-state index in [0.717, 1.165) is 57.0 Å². The van der Waals surface area contributed by atoms with E-state index in [0.29, 0.717) is 21.4 Å². The maximum absolute atomic E-state index is 13.8. The quantitative estimate of drug-likeness (QED) is 0.234. The van der Waals surface area contributed by atoms with Crippen molar-refractivity contribution in [2.45, 2.75) is 28.9 Å². The summed E-state index contributed by atoms with van der Waals surface area (Å²) in [5.41, 5.74) is -0.648. The van der Waals surface area contributed by atoms with Crippen molar-refractivity contribution < 1.29 is 32.0 Å². The van der Waals surface area contributed by atoms with Gasteiger partial charge < -0.3 is 9.73 Å². The minimum atomic E-state index is -4.67. The molecule has 8 nitrogen and oxygen atoms in total. The first-order chi connectivity index (χ1) is 21.1. The molecule has 0 saturated carbocycles. The van der Waals surface area contributed by atoms with Crippen molar-refractivity contribution in [1.29, 1.82) is 0 Å². The number of amides is 3. The summed E-state index contributed by atoms with van der Waals surface area (Å²) < 4.78 is 47.3. The summed E-state index contributed by atoms with van der Waals surface area (Å²) in [4.78, 5) is 54.7. The highest BCUT2D eigenvalue weighted by Gasteiger charge is 2.57. The van der Waals surface area contributed by atoms with Crippen LogP contribution in [0.25, 0.3) is 10.8 Å². The van der Waals surface area contributed by atoms with Crippen molar-refractivity contribution in [3.63, 3.8) is 0 Å². The van der Waals surface area contributed by atoms with E-state index in [2.05, 4.69) is 5.32 Å². The van der Waals surface area contributed by atoms with Crippen LogP contribution in [0.1, 0.15) is 22.1 Å². The number of imide groups is 1. The Labute approximate surface area is 255 Å². The van der Waals surface area contributed by atoms with E-state index in [1.54, 1.807) is 18.2 Å². The fraction of sp³-hybridized carbons (Fsp3) is 0.161. The van der Waals surface area contributed by atoms with Crippen molar-refractivity contribution in [1.82, 2.24) is 4.57 Å². The maximum Gasteiger partial charge on any atom is 0.416 e. The van der Waals surface area contributed by atoms with Crippen LogP contribution < -0.4 is 15.1 Å². The monoisotopic (exact) mass is 635 g/mol. The Kier molecular flexibility index (Phi) is 6.74. The number of anilines is 2. The number of halogens is 3.